The van der Waals surface area contributed by atoms with E-state index in [0.717, 1.165) is 0 Å². The molecule has 1 amide bonds. The fourth-order valence-corrected chi connectivity index (χ4v) is 3.09. The summed E-state index contributed by atoms with van der Waals surface area (Å²) in [6, 6.07) is 2.09. The van der Waals surface area contributed by atoms with Crippen LogP contribution < -0.4 is 10.9 Å². The lowest BCUT2D eigenvalue weighted by molar-refractivity contribution is -0.141. The van der Waals surface area contributed by atoms with E-state index in [1.807, 2.05) is 0 Å². The van der Waals surface area contributed by atoms with Crippen molar-refractivity contribution in [2.24, 2.45) is 0 Å². The SMILES string of the molecule is CSCC(NC(=O)Cc1c(C)c2ccc(O)c(C)c2oc1=O)C(=O)O. The quantitative estimate of drug-likeness (QED) is 0.666. The number of carbonyl (C=O) groups is 2. The van der Waals surface area contributed by atoms with E-state index in [0.29, 0.717) is 16.5 Å². The number of aromatic hydroxyl groups is 1. The molecule has 0 fully saturated rings. The molecule has 0 bridgehead atoms. The topological polar surface area (TPSA) is 117 Å². The van der Waals surface area contributed by atoms with Gasteiger partial charge in [0, 0.05) is 16.7 Å². The van der Waals surface area contributed by atoms with Crippen LogP contribution in [0.25, 0.3) is 11.0 Å². The Hall–Kier alpha value is -2.48. The number of aliphatic carboxylic acids is 1. The highest BCUT2D eigenvalue weighted by Gasteiger charge is 2.22. The second-order valence-electron chi connectivity index (χ2n) is 5.67. The normalized spacial score (nSPS) is 12.1. The molecule has 0 spiro atoms. The molecule has 0 aliphatic heterocycles. The van der Waals surface area contributed by atoms with Crippen molar-refractivity contribution in [3.8, 4) is 5.75 Å². The van der Waals surface area contributed by atoms with Crippen molar-refractivity contribution >= 4 is 34.6 Å². The lowest BCUT2D eigenvalue weighted by atomic mass is 10.0. The highest BCUT2D eigenvalue weighted by Crippen LogP contribution is 2.28. The molecule has 25 heavy (non-hydrogen) atoms. The number of thioether (sulfide) groups is 1. The molecule has 1 atom stereocenters. The molecule has 0 saturated heterocycles. The van der Waals surface area contributed by atoms with Gasteiger partial charge in [0.15, 0.2) is 0 Å². The van der Waals surface area contributed by atoms with Crippen LogP contribution in [-0.4, -0.2) is 40.1 Å². The summed E-state index contributed by atoms with van der Waals surface area (Å²) < 4.78 is 5.27. The van der Waals surface area contributed by atoms with Gasteiger partial charge in [0.25, 0.3) is 0 Å². The van der Waals surface area contributed by atoms with E-state index in [-0.39, 0.29) is 29.1 Å². The Bertz CT molecular complexity index is 889. The van der Waals surface area contributed by atoms with Gasteiger partial charge in [0.05, 0.1) is 12.0 Å². The first-order valence-electron chi connectivity index (χ1n) is 7.52. The largest absolute Gasteiger partial charge is 0.508 e. The van der Waals surface area contributed by atoms with E-state index in [1.54, 1.807) is 26.2 Å². The monoisotopic (exact) mass is 365 g/mol. The second-order valence-corrected chi connectivity index (χ2v) is 6.58. The summed E-state index contributed by atoms with van der Waals surface area (Å²) in [5, 5.41) is 21.9. The predicted molar refractivity (Wildman–Crippen MR) is 95.3 cm³/mol. The number of rotatable bonds is 6. The number of carboxylic acid groups (broad SMARTS) is 1. The van der Waals surface area contributed by atoms with Gasteiger partial charge in [0.2, 0.25) is 5.91 Å². The zero-order valence-corrected chi connectivity index (χ0v) is 14.9. The first kappa shape index (κ1) is 18.9. The van der Waals surface area contributed by atoms with Gasteiger partial charge in [-0.2, -0.15) is 11.8 Å². The minimum Gasteiger partial charge on any atom is -0.508 e. The Balaban J connectivity index is 2.35. The highest BCUT2D eigenvalue weighted by molar-refractivity contribution is 7.98. The molecule has 1 unspecified atom stereocenters. The number of amides is 1. The summed E-state index contributed by atoms with van der Waals surface area (Å²) in [6.45, 7) is 3.32. The van der Waals surface area contributed by atoms with E-state index >= 15 is 0 Å². The third kappa shape index (κ3) is 3.96. The fourth-order valence-electron chi connectivity index (χ4n) is 2.53. The van der Waals surface area contributed by atoms with Gasteiger partial charge < -0.3 is 19.9 Å². The van der Waals surface area contributed by atoms with Crippen LogP contribution in [0.1, 0.15) is 16.7 Å². The minimum atomic E-state index is -1.13. The van der Waals surface area contributed by atoms with Crippen molar-refractivity contribution in [2.45, 2.75) is 26.3 Å². The molecule has 134 valence electrons. The van der Waals surface area contributed by atoms with Crippen LogP contribution in [0.4, 0.5) is 0 Å². The maximum atomic E-state index is 12.2. The number of phenols is 1. The molecule has 1 aromatic carbocycles. The van der Waals surface area contributed by atoms with Crippen LogP contribution in [0.5, 0.6) is 5.75 Å². The molecule has 0 aliphatic rings. The number of hydrogen-bond donors (Lipinski definition) is 3. The van der Waals surface area contributed by atoms with Crippen molar-refractivity contribution < 1.29 is 24.2 Å². The first-order valence-corrected chi connectivity index (χ1v) is 8.91. The van der Waals surface area contributed by atoms with E-state index < -0.39 is 23.5 Å². The number of fused-ring (bicyclic) bond motifs is 1. The predicted octanol–water partition coefficient (Wildman–Crippen LogP) is 1.59. The Kier molecular flexibility index (Phi) is 5.73. The van der Waals surface area contributed by atoms with Gasteiger partial charge in [-0.3, -0.25) is 4.79 Å². The molecule has 0 aliphatic carbocycles. The number of phenolic OH excluding ortho intramolecular Hbond substituents is 1. The van der Waals surface area contributed by atoms with Crippen LogP contribution in [0.2, 0.25) is 0 Å². The summed E-state index contributed by atoms with van der Waals surface area (Å²) in [5.74, 6) is -1.45. The highest BCUT2D eigenvalue weighted by atomic mass is 32.2. The molecule has 1 aromatic heterocycles. The van der Waals surface area contributed by atoms with Crippen LogP contribution in [0, 0.1) is 13.8 Å². The van der Waals surface area contributed by atoms with Crippen LogP contribution in [-0.2, 0) is 16.0 Å². The summed E-state index contributed by atoms with van der Waals surface area (Å²) in [4.78, 5) is 35.5. The van der Waals surface area contributed by atoms with Gasteiger partial charge >= 0.3 is 11.6 Å². The van der Waals surface area contributed by atoms with Crippen molar-refractivity contribution in [1.29, 1.82) is 0 Å². The molecule has 1 heterocycles. The summed E-state index contributed by atoms with van der Waals surface area (Å²) in [6.07, 6.45) is 1.46. The number of benzene rings is 1. The van der Waals surface area contributed by atoms with Crippen molar-refractivity contribution in [3.63, 3.8) is 0 Å². The molecular weight excluding hydrogens is 346 g/mol. The van der Waals surface area contributed by atoms with E-state index in [2.05, 4.69) is 5.32 Å². The molecule has 7 nitrogen and oxygen atoms in total. The summed E-state index contributed by atoms with van der Waals surface area (Å²) >= 11 is 1.30. The van der Waals surface area contributed by atoms with Crippen LogP contribution >= 0.6 is 11.8 Å². The van der Waals surface area contributed by atoms with Gasteiger partial charge in [-0.25, -0.2) is 9.59 Å². The lowest BCUT2D eigenvalue weighted by Crippen LogP contribution is -2.43. The summed E-state index contributed by atoms with van der Waals surface area (Å²) in [7, 11) is 0. The molecule has 0 radical (unpaired) electrons. The smallest absolute Gasteiger partial charge is 0.340 e. The van der Waals surface area contributed by atoms with Crippen molar-refractivity contribution in [1.82, 2.24) is 5.32 Å². The van der Waals surface area contributed by atoms with E-state index in [1.165, 1.54) is 17.8 Å². The molecule has 8 heteroatoms. The first-order chi connectivity index (χ1) is 11.8. The van der Waals surface area contributed by atoms with Gasteiger partial charge in [-0.05, 0) is 37.8 Å². The lowest BCUT2D eigenvalue weighted by Gasteiger charge is -2.14. The standard InChI is InChI=1S/C17H19NO6S/c1-8-10-4-5-13(19)9(2)15(10)24-17(23)11(8)6-14(20)18-12(7-25-3)16(21)22/h4-5,12,19H,6-7H2,1-3H3,(H,18,20)(H,21,22). The van der Waals surface area contributed by atoms with Gasteiger partial charge in [-0.15, -0.1) is 0 Å². The van der Waals surface area contributed by atoms with Crippen molar-refractivity contribution in [2.75, 3.05) is 12.0 Å². The third-order valence-corrected chi connectivity index (χ3v) is 4.65. The van der Waals surface area contributed by atoms with Crippen LogP contribution in [0.3, 0.4) is 0 Å². The Morgan fingerprint density at radius 3 is 2.56 bits per heavy atom. The van der Waals surface area contributed by atoms with E-state index in [4.69, 9.17) is 9.52 Å². The number of nitrogens with one attached hydrogen (secondary N) is 1. The Labute approximate surface area is 148 Å². The van der Waals surface area contributed by atoms with Crippen LogP contribution in [0.15, 0.2) is 21.3 Å². The van der Waals surface area contributed by atoms with Gasteiger partial charge in [0.1, 0.15) is 17.4 Å². The van der Waals surface area contributed by atoms with Crippen molar-refractivity contribution in [3.05, 3.63) is 39.2 Å². The number of carbonyl (C=O) groups excluding carboxylic acids is 1. The van der Waals surface area contributed by atoms with Gasteiger partial charge in [-0.1, -0.05) is 0 Å². The average molecular weight is 365 g/mol. The summed E-state index contributed by atoms with van der Waals surface area (Å²) in [5.41, 5.74) is 0.785. The Morgan fingerprint density at radius 1 is 1.28 bits per heavy atom. The molecule has 3 N–H and O–H groups in total. The second kappa shape index (κ2) is 7.60. The minimum absolute atomic E-state index is 0.0157. The molecule has 2 rings (SSSR count). The average Bonchev–Trinajstić information content (AvgIpc) is 2.55. The number of hydrogen-bond acceptors (Lipinski definition) is 6. The fraction of sp³-hybridized carbons (Fsp3) is 0.353. The molecule has 0 saturated carbocycles. The zero-order chi connectivity index (χ0) is 18.7. The number of carboxylic acids is 1. The third-order valence-electron chi connectivity index (χ3n) is 3.98. The van der Waals surface area contributed by atoms with E-state index in [9.17, 15) is 19.5 Å². The molecule has 2 aromatic rings. The zero-order valence-electron chi connectivity index (χ0n) is 14.1. The number of aryl methyl sites for hydroxylation is 2. The Morgan fingerprint density at radius 2 is 1.96 bits per heavy atom. The maximum Gasteiger partial charge on any atom is 0.340 e. The molecular formula is C17H19NO6S. The maximum absolute atomic E-state index is 12.2.